The Morgan fingerprint density at radius 1 is 1.35 bits per heavy atom. The van der Waals surface area contributed by atoms with E-state index in [1.54, 1.807) is 12.1 Å². The lowest BCUT2D eigenvalue weighted by atomic mass is 9.93. The Labute approximate surface area is 109 Å². The molecule has 0 saturated carbocycles. The minimum atomic E-state index is -0.739. The Morgan fingerprint density at radius 3 is 2.88 bits per heavy atom. The van der Waals surface area contributed by atoms with Crippen molar-refractivity contribution >= 4 is 15.9 Å². The zero-order valence-corrected chi connectivity index (χ0v) is 11.2. The molecule has 3 heteroatoms. The van der Waals surface area contributed by atoms with Crippen LogP contribution in [0.25, 0.3) is 0 Å². The molecule has 1 aliphatic rings. The molecule has 92 valence electrons. The lowest BCUT2D eigenvalue weighted by molar-refractivity contribution is 0.171. The standard InChI is InChI=1S/C14H16BrFO/c15-11-6-7-13(16)12(9-11)14(17)8-10-4-2-1-3-5-10/h4,6-7,9,14,17H,1-3,5,8H2. The van der Waals surface area contributed by atoms with Crippen molar-refractivity contribution in [1.82, 2.24) is 0 Å². The monoisotopic (exact) mass is 298 g/mol. The van der Waals surface area contributed by atoms with Crippen LogP contribution < -0.4 is 0 Å². The number of rotatable bonds is 3. The Morgan fingerprint density at radius 2 is 2.18 bits per heavy atom. The molecular weight excluding hydrogens is 283 g/mol. The molecule has 0 amide bonds. The van der Waals surface area contributed by atoms with E-state index in [2.05, 4.69) is 22.0 Å². The van der Waals surface area contributed by atoms with Gasteiger partial charge in [-0.25, -0.2) is 4.39 Å². The predicted molar refractivity (Wildman–Crippen MR) is 70.2 cm³/mol. The van der Waals surface area contributed by atoms with Crippen molar-refractivity contribution in [3.05, 3.63) is 45.7 Å². The fourth-order valence-electron chi connectivity index (χ4n) is 2.22. The number of halogens is 2. The van der Waals surface area contributed by atoms with Gasteiger partial charge in [0.1, 0.15) is 5.82 Å². The van der Waals surface area contributed by atoms with E-state index in [1.807, 2.05) is 0 Å². The van der Waals surface area contributed by atoms with Gasteiger partial charge in [0.05, 0.1) is 6.10 Å². The van der Waals surface area contributed by atoms with Crippen LogP contribution in [0.15, 0.2) is 34.3 Å². The third kappa shape index (κ3) is 3.39. The fraction of sp³-hybridized carbons (Fsp3) is 0.429. The summed E-state index contributed by atoms with van der Waals surface area (Å²) in [6.07, 6.45) is 6.52. The first kappa shape index (κ1) is 12.8. The molecule has 1 aromatic carbocycles. The Hall–Kier alpha value is -0.670. The molecule has 0 heterocycles. The summed E-state index contributed by atoms with van der Waals surface area (Å²) in [7, 11) is 0. The summed E-state index contributed by atoms with van der Waals surface area (Å²) < 4.78 is 14.4. The first-order chi connectivity index (χ1) is 8.16. The third-order valence-electron chi connectivity index (χ3n) is 3.16. The second-order valence-corrected chi connectivity index (χ2v) is 5.41. The van der Waals surface area contributed by atoms with Crippen LogP contribution in [0.2, 0.25) is 0 Å². The second kappa shape index (κ2) is 5.78. The van der Waals surface area contributed by atoms with Gasteiger partial charge in [0.15, 0.2) is 0 Å². The maximum atomic E-state index is 13.6. The van der Waals surface area contributed by atoms with Crippen LogP contribution in [0.5, 0.6) is 0 Å². The highest BCUT2D eigenvalue weighted by molar-refractivity contribution is 9.10. The summed E-state index contributed by atoms with van der Waals surface area (Å²) in [5, 5.41) is 10.1. The fourth-order valence-corrected chi connectivity index (χ4v) is 2.60. The van der Waals surface area contributed by atoms with Gasteiger partial charge in [-0.05, 0) is 50.3 Å². The molecule has 0 saturated heterocycles. The van der Waals surface area contributed by atoms with Gasteiger partial charge in [-0.2, -0.15) is 0 Å². The van der Waals surface area contributed by atoms with E-state index >= 15 is 0 Å². The van der Waals surface area contributed by atoms with Crippen LogP contribution in [0.1, 0.15) is 43.8 Å². The van der Waals surface area contributed by atoms with E-state index < -0.39 is 6.10 Å². The van der Waals surface area contributed by atoms with Crippen molar-refractivity contribution in [3.8, 4) is 0 Å². The quantitative estimate of drug-likeness (QED) is 0.814. The Bertz CT molecular complexity index is 428. The van der Waals surface area contributed by atoms with Crippen molar-refractivity contribution in [2.75, 3.05) is 0 Å². The van der Waals surface area contributed by atoms with E-state index in [4.69, 9.17) is 0 Å². The Balaban J connectivity index is 2.10. The van der Waals surface area contributed by atoms with Gasteiger partial charge in [0.2, 0.25) is 0 Å². The molecule has 17 heavy (non-hydrogen) atoms. The average Bonchev–Trinajstić information content (AvgIpc) is 2.33. The Kier molecular flexibility index (Phi) is 4.35. The maximum Gasteiger partial charge on any atom is 0.129 e. The van der Waals surface area contributed by atoms with Crippen molar-refractivity contribution in [1.29, 1.82) is 0 Å². The van der Waals surface area contributed by atoms with Crippen LogP contribution >= 0.6 is 15.9 Å². The largest absolute Gasteiger partial charge is 0.388 e. The minimum Gasteiger partial charge on any atom is -0.388 e. The highest BCUT2D eigenvalue weighted by atomic mass is 79.9. The van der Waals surface area contributed by atoms with Gasteiger partial charge >= 0.3 is 0 Å². The number of allylic oxidation sites excluding steroid dienone is 1. The zero-order valence-electron chi connectivity index (χ0n) is 9.63. The van der Waals surface area contributed by atoms with E-state index in [0.717, 1.165) is 17.3 Å². The minimum absolute atomic E-state index is 0.336. The molecular formula is C14H16BrFO. The number of hydrogen-bond donors (Lipinski definition) is 1. The van der Waals surface area contributed by atoms with Gasteiger partial charge in [0, 0.05) is 10.0 Å². The molecule has 0 radical (unpaired) electrons. The van der Waals surface area contributed by atoms with Gasteiger partial charge in [0.25, 0.3) is 0 Å². The molecule has 1 atom stereocenters. The molecule has 1 unspecified atom stereocenters. The lowest BCUT2D eigenvalue weighted by Crippen LogP contribution is -2.04. The molecule has 1 nitrogen and oxygen atoms in total. The number of aliphatic hydroxyl groups excluding tert-OH is 1. The third-order valence-corrected chi connectivity index (χ3v) is 3.65. The molecule has 1 N–H and O–H groups in total. The van der Waals surface area contributed by atoms with Crippen LogP contribution in [0.4, 0.5) is 4.39 Å². The van der Waals surface area contributed by atoms with Crippen LogP contribution in [-0.4, -0.2) is 5.11 Å². The summed E-state index contributed by atoms with van der Waals surface area (Å²) in [6.45, 7) is 0. The average molecular weight is 299 g/mol. The first-order valence-electron chi connectivity index (χ1n) is 5.98. The molecule has 0 bridgehead atoms. The van der Waals surface area contributed by atoms with Gasteiger partial charge in [-0.1, -0.05) is 27.6 Å². The number of aliphatic hydroxyl groups is 1. The summed E-state index contributed by atoms with van der Waals surface area (Å²) >= 11 is 3.30. The smallest absolute Gasteiger partial charge is 0.129 e. The molecule has 2 rings (SSSR count). The molecule has 1 aliphatic carbocycles. The van der Waals surface area contributed by atoms with Gasteiger partial charge < -0.3 is 5.11 Å². The maximum absolute atomic E-state index is 13.6. The molecule has 0 aliphatic heterocycles. The van der Waals surface area contributed by atoms with E-state index in [-0.39, 0.29) is 5.82 Å². The summed E-state index contributed by atoms with van der Waals surface area (Å²) in [4.78, 5) is 0. The van der Waals surface area contributed by atoms with Crippen LogP contribution in [0, 0.1) is 5.82 Å². The predicted octanol–water partition coefficient (Wildman–Crippen LogP) is 4.51. The second-order valence-electron chi connectivity index (χ2n) is 4.49. The van der Waals surface area contributed by atoms with Crippen molar-refractivity contribution in [3.63, 3.8) is 0 Å². The molecule has 0 aromatic heterocycles. The van der Waals surface area contributed by atoms with E-state index in [9.17, 15) is 9.50 Å². The first-order valence-corrected chi connectivity index (χ1v) is 6.77. The van der Waals surface area contributed by atoms with E-state index in [1.165, 1.54) is 24.5 Å². The molecule has 1 aromatic rings. The topological polar surface area (TPSA) is 20.2 Å². The zero-order chi connectivity index (χ0) is 12.3. The lowest BCUT2D eigenvalue weighted by Gasteiger charge is -2.17. The van der Waals surface area contributed by atoms with Gasteiger partial charge in [-0.15, -0.1) is 0 Å². The van der Waals surface area contributed by atoms with Crippen molar-refractivity contribution in [2.24, 2.45) is 0 Å². The van der Waals surface area contributed by atoms with Crippen molar-refractivity contribution < 1.29 is 9.50 Å². The molecule has 0 fully saturated rings. The summed E-state index contributed by atoms with van der Waals surface area (Å²) in [5.74, 6) is -0.336. The highest BCUT2D eigenvalue weighted by Crippen LogP contribution is 2.30. The normalized spacial score (nSPS) is 17.7. The highest BCUT2D eigenvalue weighted by Gasteiger charge is 2.16. The molecule has 0 spiro atoms. The van der Waals surface area contributed by atoms with Crippen LogP contribution in [0.3, 0.4) is 0 Å². The number of benzene rings is 1. The van der Waals surface area contributed by atoms with Crippen LogP contribution in [-0.2, 0) is 0 Å². The van der Waals surface area contributed by atoms with Gasteiger partial charge in [-0.3, -0.25) is 0 Å². The van der Waals surface area contributed by atoms with E-state index in [0.29, 0.717) is 12.0 Å². The van der Waals surface area contributed by atoms with Crippen molar-refractivity contribution in [2.45, 2.75) is 38.2 Å². The number of hydrogen-bond acceptors (Lipinski definition) is 1. The SMILES string of the molecule is OC(CC1=CCCCC1)c1cc(Br)ccc1F. The summed E-state index contributed by atoms with van der Waals surface area (Å²) in [5.41, 5.74) is 1.63. The summed E-state index contributed by atoms with van der Waals surface area (Å²) in [6, 6.07) is 4.69.